The van der Waals surface area contributed by atoms with Gasteiger partial charge in [-0.25, -0.2) is 13.2 Å². The minimum Gasteiger partial charge on any atom is -0.490 e. The quantitative estimate of drug-likeness (QED) is 0.504. The second-order valence-electron chi connectivity index (χ2n) is 7.93. The van der Waals surface area contributed by atoms with E-state index in [2.05, 4.69) is 10.6 Å². The number of amides is 2. The van der Waals surface area contributed by atoms with Gasteiger partial charge in [-0.2, -0.15) is 4.31 Å². The molecule has 0 spiro atoms. The lowest BCUT2D eigenvalue weighted by atomic mass is 10.2. The molecule has 34 heavy (non-hydrogen) atoms. The smallest absolute Gasteiger partial charge is 0.315 e. The number of para-hydroxylation sites is 1. The van der Waals surface area contributed by atoms with Crippen LogP contribution in [0, 0.1) is 0 Å². The molecule has 2 aromatic carbocycles. The summed E-state index contributed by atoms with van der Waals surface area (Å²) in [6, 6.07) is 13.4. The number of ether oxygens (including phenoxy) is 2. The lowest BCUT2D eigenvalue weighted by Gasteiger charge is -2.27. The molecule has 2 amide bonds. The summed E-state index contributed by atoms with van der Waals surface area (Å²) in [5.41, 5.74) is 1.15. The first-order chi connectivity index (χ1) is 16.4. The molecule has 10 heteroatoms. The van der Waals surface area contributed by atoms with Crippen molar-refractivity contribution in [3.63, 3.8) is 0 Å². The van der Waals surface area contributed by atoms with Gasteiger partial charge in [0, 0.05) is 25.0 Å². The van der Waals surface area contributed by atoms with Crippen molar-refractivity contribution in [1.82, 2.24) is 14.9 Å². The van der Waals surface area contributed by atoms with E-state index < -0.39 is 22.1 Å². The van der Waals surface area contributed by atoms with Crippen LogP contribution in [-0.4, -0.2) is 51.7 Å². The Kier molecular flexibility index (Phi) is 7.40. The van der Waals surface area contributed by atoms with Crippen molar-refractivity contribution in [2.75, 3.05) is 32.9 Å². The number of sulfonamides is 1. The zero-order chi connectivity index (χ0) is 24.1. The van der Waals surface area contributed by atoms with Gasteiger partial charge in [0.25, 0.3) is 0 Å². The number of hydrogen-bond acceptors (Lipinski definition) is 6. The number of nitrogens with one attached hydrogen (secondary N) is 2. The summed E-state index contributed by atoms with van der Waals surface area (Å²) in [5, 5.41) is 6.48. The fraction of sp³-hybridized carbons (Fsp3) is 0.375. The maximum atomic E-state index is 13.1. The minimum atomic E-state index is -3.68. The number of furan rings is 1. The first kappa shape index (κ1) is 24.1. The molecule has 1 aliphatic heterocycles. The predicted molar refractivity (Wildman–Crippen MR) is 127 cm³/mol. The first-order valence-corrected chi connectivity index (χ1v) is 12.7. The lowest BCUT2D eigenvalue weighted by Crippen LogP contribution is -2.41. The van der Waals surface area contributed by atoms with Gasteiger partial charge in [-0.05, 0) is 37.6 Å². The number of morpholine rings is 1. The summed E-state index contributed by atoms with van der Waals surface area (Å²) < 4.78 is 44.4. The number of urea groups is 1. The molecule has 1 fully saturated rings. The van der Waals surface area contributed by atoms with E-state index in [4.69, 9.17) is 13.9 Å². The van der Waals surface area contributed by atoms with Crippen LogP contribution < -0.4 is 15.4 Å². The molecule has 0 radical (unpaired) electrons. The van der Waals surface area contributed by atoms with E-state index in [0.29, 0.717) is 55.6 Å². The van der Waals surface area contributed by atoms with Gasteiger partial charge in [0.2, 0.25) is 10.0 Å². The Morgan fingerprint density at radius 1 is 1.15 bits per heavy atom. The van der Waals surface area contributed by atoms with Gasteiger partial charge in [-0.15, -0.1) is 0 Å². The Balaban J connectivity index is 1.42. The molecule has 1 atom stereocenters. The highest BCUT2D eigenvalue weighted by atomic mass is 32.2. The van der Waals surface area contributed by atoms with Crippen molar-refractivity contribution < 1.29 is 27.1 Å². The zero-order valence-corrected chi connectivity index (χ0v) is 20.1. The van der Waals surface area contributed by atoms with E-state index in [-0.39, 0.29) is 11.4 Å². The highest BCUT2D eigenvalue weighted by Gasteiger charge is 2.28. The molecule has 2 heterocycles. The van der Waals surface area contributed by atoms with Crippen LogP contribution in [0.4, 0.5) is 4.79 Å². The van der Waals surface area contributed by atoms with Gasteiger partial charge < -0.3 is 24.5 Å². The number of carbonyl (C=O) groups excluding carboxylic acids is 1. The van der Waals surface area contributed by atoms with Crippen LogP contribution in [0.3, 0.4) is 0 Å². The van der Waals surface area contributed by atoms with E-state index in [1.807, 2.05) is 38.1 Å². The Hall–Kier alpha value is -3.08. The Morgan fingerprint density at radius 2 is 1.91 bits per heavy atom. The molecule has 3 aromatic rings. The maximum absolute atomic E-state index is 13.1. The van der Waals surface area contributed by atoms with Gasteiger partial charge in [-0.1, -0.05) is 30.3 Å². The Labute approximate surface area is 199 Å². The highest BCUT2D eigenvalue weighted by Crippen LogP contribution is 2.31. The topological polar surface area (TPSA) is 110 Å². The third-order valence-electron chi connectivity index (χ3n) is 5.60. The first-order valence-electron chi connectivity index (χ1n) is 11.3. The molecule has 4 rings (SSSR count). The van der Waals surface area contributed by atoms with Crippen molar-refractivity contribution in [2.24, 2.45) is 0 Å². The molecule has 0 saturated carbocycles. The largest absolute Gasteiger partial charge is 0.490 e. The Morgan fingerprint density at radius 3 is 2.68 bits per heavy atom. The normalized spacial score (nSPS) is 15.7. The molecule has 9 nitrogen and oxygen atoms in total. The zero-order valence-electron chi connectivity index (χ0n) is 19.2. The number of benzene rings is 2. The van der Waals surface area contributed by atoms with Crippen molar-refractivity contribution in [1.29, 1.82) is 0 Å². The van der Waals surface area contributed by atoms with Crippen LogP contribution in [0.1, 0.15) is 31.2 Å². The van der Waals surface area contributed by atoms with E-state index >= 15 is 0 Å². The summed E-state index contributed by atoms with van der Waals surface area (Å²) in [6.45, 7) is 5.66. The van der Waals surface area contributed by atoms with E-state index in [0.717, 1.165) is 5.39 Å². The summed E-state index contributed by atoms with van der Waals surface area (Å²) in [4.78, 5) is 12.8. The fourth-order valence-electron chi connectivity index (χ4n) is 3.86. The fourth-order valence-corrected chi connectivity index (χ4v) is 5.49. The standard InChI is InChI=1S/C24H29N3O6S/c1-3-32-20-9-6-8-18-15-21(33-23(18)20)17(2)26-24(28)25-16-19-7-4-5-10-22(19)34(29,30)27-11-13-31-14-12-27/h4-10,15,17H,3,11-14,16H2,1-2H3,(H2,25,26,28)/t17-/m1/s1. The average molecular weight is 488 g/mol. The molecule has 0 unspecified atom stereocenters. The number of fused-ring (bicyclic) bond motifs is 1. The van der Waals surface area contributed by atoms with Crippen molar-refractivity contribution >= 4 is 27.0 Å². The molecule has 0 bridgehead atoms. The molecule has 1 aromatic heterocycles. The van der Waals surface area contributed by atoms with Gasteiger partial charge >= 0.3 is 6.03 Å². The molecule has 1 saturated heterocycles. The van der Waals surface area contributed by atoms with Crippen LogP contribution in [0.5, 0.6) is 5.75 Å². The van der Waals surface area contributed by atoms with E-state index in [9.17, 15) is 13.2 Å². The number of carbonyl (C=O) groups is 1. The molecule has 0 aliphatic carbocycles. The average Bonchev–Trinajstić information content (AvgIpc) is 3.29. The van der Waals surface area contributed by atoms with Crippen LogP contribution in [0.25, 0.3) is 11.0 Å². The maximum Gasteiger partial charge on any atom is 0.315 e. The summed E-state index contributed by atoms with van der Waals surface area (Å²) in [6.07, 6.45) is 0. The van der Waals surface area contributed by atoms with Crippen LogP contribution >= 0.6 is 0 Å². The number of rotatable bonds is 8. The number of hydrogen-bond donors (Lipinski definition) is 2. The van der Waals surface area contributed by atoms with Gasteiger partial charge in [0.1, 0.15) is 5.76 Å². The van der Waals surface area contributed by atoms with Gasteiger partial charge in [0.15, 0.2) is 11.3 Å². The van der Waals surface area contributed by atoms with Crippen LogP contribution in [0.2, 0.25) is 0 Å². The minimum absolute atomic E-state index is 0.0624. The SMILES string of the molecule is CCOc1cccc2cc([C@@H](C)NC(=O)NCc3ccccc3S(=O)(=O)N3CCOCC3)oc12. The third kappa shape index (κ3) is 5.19. The van der Waals surface area contributed by atoms with E-state index in [1.165, 1.54) is 4.31 Å². The second kappa shape index (κ2) is 10.5. The van der Waals surface area contributed by atoms with Crippen molar-refractivity contribution in [3.8, 4) is 5.75 Å². The van der Waals surface area contributed by atoms with Crippen molar-refractivity contribution in [2.45, 2.75) is 31.3 Å². The lowest BCUT2D eigenvalue weighted by molar-refractivity contribution is 0.0730. The molecule has 1 aliphatic rings. The number of nitrogens with zero attached hydrogens (tertiary/aromatic N) is 1. The molecule has 182 valence electrons. The third-order valence-corrected chi connectivity index (χ3v) is 7.60. The van der Waals surface area contributed by atoms with Crippen molar-refractivity contribution in [3.05, 3.63) is 59.9 Å². The predicted octanol–water partition coefficient (Wildman–Crippen LogP) is 3.41. The Bertz CT molecular complexity index is 1250. The van der Waals surface area contributed by atoms with Crippen LogP contribution in [0.15, 0.2) is 57.8 Å². The molecular weight excluding hydrogens is 458 g/mol. The monoisotopic (exact) mass is 487 g/mol. The highest BCUT2D eigenvalue weighted by molar-refractivity contribution is 7.89. The summed E-state index contributed by atoms with van der Waals surface area (Å²) >= 11 is 0. The molecule has 2 N–H and O–H groups in total. The second-order valence-corrected chi connectivity index (χ2v) is 9.84. The van der Waals surface area contributed by atoms with Gasteiger partial charge in [-0.3, -0.25) is 0 Å². The molecular formula is C24H29N3O6S. The van der Waals surface area contributed by atoms with Crippen LogP contribution in [-0.2, 0) is 21.3 Å². The summed E-state index contributed by atoms with van der Waals surface area (Å²) in [7, 11) is -3.68. The van der Waals surface area contributed by atoms with Gasteiger partial charge in [0.05, 0.1) is 30.8 Å². The summed E-state index contributed by atoms with van der Waals surface area (Å²) in [5.74, 6) is 1.24. The van der Waals surface area contributed by atoms with E-state index in [1.54, 1.807) is 24.3 Å².